The highest BCUT2D eigenvalue weighted by Gasteiger charge is 2.36. The molecule has 0 bridgehead atoms. The summed E-state index contributed by atoms with van der Waals surface area (Å²) in [6, 6.07) is 16.8. The number of nitrogens with zero attached hydrogens (tertiary/aromatic N) is 1. The number of hydrogen-bond acceptors (Lipinski definition) is 5. The Morgan fingerprint density at radius 1 is 1.06 bits per heavy atom. The van der Waals surface area contributed by atoms with E-state index in [0.29, 0.717) is 24.2 Å². The van der Waals surface area contributed by atoms with Gasteiger partial charge in [-0.25, -0.2) is 4.79 Å². The first-order valence-electron chi connectivity index (χ1n) is 10.1. The molecule has 0 spiro atoms. The van der Waals surface area contributed by atoms with Gasteiger partial charge in [-0.3, -0.25) is 9.59 Å². The lowest BCUT2D eigenvalue weighted by atomic mass is 9.93. The average molecular weight is 418 g/mol. The number of anilines is 1. The molecular weight excluding hydrogens is 396 g/mol. The van der Waals surface area contributed by atoms with Crippen LogP contribution in [0.2, 0.25) is 0 Å². The maximum absolute atomic E-state index is 13.2. The number of carbonyl (C=O) groups excluding carboxylic acids is 3. The number of nitrogens with one attached hydrogen (secondary N) is 1. The molecule has 3 aromatic rings. The lowest BCUT2D eigenvalue weighted by Crippen LogP contribution is -2.50. The van der Waals surface area contributed by atoms with Crippen LogP contribution in [0, 0.1) is 0 Å². The highest BCUT2D eigenvalue weighted by atomic mass is 16.5. The van der Waals surface area contributed by atoms with Gasteiger partial charge in [0.2, 0.25) is 5.91 Å². The lowest BCUT2D eigenvalue weighted by Gasteiger charge is -2.35. The van der Waals surface area contributed by atoms with Gasteiger partial charge in [0.1, 0.15) is 6.04 Å². The minimum Gasteiger partial charge on any atom is -0.462 e. The molecule has 158 valence electrons. The maximum Gasteiger partial charge on any atom is 0.338 e. The number of furan rings is 1. The first-order chi connectivity index (χ1) is 15.1. The molecule has 2 amide bonds. The van der Waals surface area contributed by atoms with Crippen LogP contribution in [-0.4, -0.2) is 35.3 Å². The number of ether oxygens (including phenoxy) is 1. The van der Waals surface area contributed by atoms with Crippen LogP contribution in [0.5, 0.6) is 0 Å². The Hall–Kier alpha value is -3.87. The fraction of sp³-hybridized carbons (Fsp3) is 0.208. The molecule has 0 fully saturated rings. The van der Waals surface area contributed by atoms with Crippen molar-refractivity contribution < 1.29 is 23.5 Å². The van der Waals surface area contributed by atoms with Crippen molar-refractivity contribution in [3.05, 3.63) is 89.4 Å². The highest BCUT2D eigenvalue weighted by Crippen LogP contribution is 2.26. The van der Waals surface area contributed by atoms with Gasteiger partial charge >= 0.3 is 5.97 Å². The third-order valence-corrected chi connectivity index (χ3v) is 5.19. The monoisotopic (exact) mass is 418 g/mol. The summed E-state index contributed by atoms with van der Waals surface area (Å²) in [4.78, 5) is 39.8. The molecule has 1 aliphatic heterocycles. The number of fused-ring (bicyclic) bond motifs is 1. The van der Waals surface area contributed by atoms with E-state index in [-0.39, 0.29) is 24.2 Å². The SMILES string of the molecule is CCOC(=O)c1cccc(NC(=O)C2Cc3ccccc3CN2C(=O)c2ccco2)c1. The molecule has 2 aromatic carbocycles. The summed E-state index contributed by atoms with van der Waals surface area (Å²) < 4.78 is 10.3. The van der Waals surface area contributed by atoms with Gasteiger partial charge in [-0.05, 0) is 48.4 Å². The van der Waals surface area contributed by atoms with Crippen molar-refractivity contribution in [1.29, 1.82) is 0 Å². The Bertz CT molecular complexity index is 1110. The molecule has 7 heteroatoms. The van der Waals surface area contributed by atoms with Crippen molar-refractivity contribution in [1.82, 2.24) is 4.90 Å². The van der Waals surface area contributed by atoms with Crippen molar-refractivity contribution in [2.45, 2.75) is 25.9 Å². The predicted octanol–water partition coefficient (Wildman–Crippen LogP) is 3.66. The van der Waals surface area contributed by atoms with Gasteiger partial charge in [-0.15, -0.1) is 0 Å². The van der Waals surface area contributed by atoms with Crippen LogP contribution in [0.1, 0.15) is 39.0 Å². The van der Waals surface area contributed by atoms with E-state index >= 15 is 0 Å². The number of benzene rings is 2. The minimum atomic E-state index is -0.723. The quantitative estimate of drug-likeness (QED) is 0.639. The van der Waals surface area contributed by atoms with E-state index in [1.165, 1.54) is 11.2 Å². The van der Waals surface area contributed by atoms with Gasteiger partial charge < -0.3 is 19.4 Å². The van der Waals surface area contributed by atoms with Crippen LogP contribution in [0.15, 0.2) is 71.3 Å². The fourth-order valence-corrected chi connectivity index (χ4v) is 3.68. The molecule has 0 saturated heterocycles. The molecule has 1 N–H and O–H groups in total. The molecular formula is C24H22N2O5. The Morgan fingerprint density at radius 2 is 1.87 bits per heavy atom. The van der Waals surface area contributed by atoms with Gasteiger partial charge in [-0.2, -0.15) is 0 Å². The molecule has 1 unspecified atom stereocenters. The lowest BCUT2D eigenvalue weighted by molar-refractivity contribution is -0.121. The number of rotatable bonds is 5. The van der Waals surface area contributed by atoms with Gasteiger partial charge in [0.05, 0.1) is 18.4 Å². The number of amides is 2. The van der Waals surface area contributed by atoms with E-state index in [2.05, 4.69) is 5.32 Å². The van der Waals surface area contributed by atoms with Crippen molar-refractivity contribution in [2.24, 2.45) is 0 Å². The summed E-state index contributed by atoms with van der Waals surface area (Å²) in [5, 5.41) is 2.84. The summed E-state index contributed by atoms with van der Waals surface area (Å²) in [6.45, 7) is 2.30. The number of esters is 1. The molecule has 4 rings (SSSR count). The van der Waals surface area contributed by atoms with Crippen molar-refractivity contribution in [3.63, 3.8) is 0 Å². The zero-order valence-electron chi connectivity index (χ0n) is 17.0. The topological polar surface area (TPSA) is 88.9 Å². The molecule has 0 radical (unpaired) electrons. The molecule has 1 aliphatic rings. The third kappa shape index (κ3) is 4.35. The summed E-state index contributed by atoms with van der Waals surface area (Å²) in [6.07, 6.45) is 1.81. The largest absolute Gasteiger partial charge is 0.462 e. The average Bonchev–Trinajstić information content (AvgIpc) is 3.33. The van der Waals surface area contributed by atoms with E-state index in [9.17, 15) is 14.4 Å². The van der Waals surface area contributed by atoms with Gasteiger partial charge in [-0.1, -0.05) is 30.3 Å². The standard InChI is InChI=1S/C24H22N2O5/c1-2-30-24(29)17-9-5-10-19(13-17)25-22(27)20-14-16-7-3-4-8-18(16)15-26(20)23(28)21-11-6-12-31-21/h3-13,20H,2,14-15H2,1H3,(H,25,27). The second-order valence-corrected chi connectivity index (χ2v) is 7.19. The summed E-state index contributed by atoms with van der Waals surface area (Å²) in [5.74, 6) is -0.961. The molecule has 31 heavy (non-hydrogen) atoms. The number of hydrogen-bond donors (Lipinski definition) is 1. The van der Waals surface area contributed by atoms with E-state index < -0.39 is 12.0 Å². The van der Waals surface area contributed by atoms with E-state index in [1.807, 2.05) is 24.3 Å². The smallest absolute Gasteiger partial charge is 0.338 e. The molecule has 2 heterocycles. The zero-order chi connectivity index (χ0) is 21.8. The predicted molar refractivity (Wildman–Crippen MR) is 114 cm³/mol. The second kappa shape index (κ2) is 8.87. The summed E-state index contributed by atoms with van der Waals surface area (Å²) >= 11 is 0. The molecule has 0 saturated carbocycles. The van der Waals surface area contributed by atoms with Crippen molar-refractivity contribution in [2.75, 3.05) is 11.9 Å². The first kappa shape index (κ1) is 20.4. The van der Waals surface area contributed by atoms with Crippen LogP contribution in [-0.2, 0) is 22.5 Å². The van der Waals surface area contributed by atoms with Crippen LogP contribution >= 0.6 is 0 Å². The fourth-order valence-electron chi connectivity index (χ4n) is 3.68. The highest BCUT2D eigenvalue weighted by molar-refractivity contribution is 6.01. The molecule has 1 aromatic heterocycles. The van der Waals surface area contributed by atoms with Crippen LogP contribution in [0.25, 0.3) is 0 Å². The Balaban J connectivity index is 1.59. The summed E-state index contributed by atoms with van der Waals surface area (Å²) in [7, 11) is 0. The Kier molecular flexibility index (Phi) is 5.84. The first-order valence-corrected chi connectivity index (χ1v) is 10.1. The third-order valence-electron chi connectivity index (χ3n) is 5.19. The molecule has 0 aliphatic carbocycles. The van der Waals surface area contributed by atoms with E-state index in [1.54, 1.807) is 43.3 Å². The van der Waals surface area contributed by atoms with Gasteiger partial charge in [0.25, 0.3) is 5.91 Å². The summed E-state index contributed by atoms with van der Waals surface area (Å²) in [5.41, 5.74) is 2.82. The molecule has 7 nitrogen and oxygen atoms in total. The van der Waals surface area contributed by atoms with Crippen LogP contribution in [0.4, 0.5) is 5.69 Å². The maximum atomic E-state index is 13.2. The van der Waals surface area contributed by atoms with Crippen molar-refractivity contribution >= 4 is 23.5 Å². The number of carbonyl (C=O) groups is 3. The Labute approximate surface area is 179 Å². The van der Waals surface area contributed by atoms with Gasteiger partial charge in [0, 0.05) is 18.7 Å². The van der Waals surface area contributed by atoms with Crippen molar-refractivity contribution in [3.8, 4) is 0 Å². The van der Waals surface area contributed by atoms with Gasteiger partial charge in [0.15, 0.2) is 5.76 Å². The Morgan fingerprint density at radius 3 is 2.61 bits per heavy atom. The zero-order valence-corrected chi connectivity index (χ0v) is 17.0. The molecule has 1 atom stereocenters. The van der Waals surface area contributed by atoms with Crippen LogP contribution in [0.3, 0.4) is 0 Å². The van der Waals surface area contributed by atoms with E-state index in [4.69, 9.17) is 9.15 Å². The minimum absolute atomic E-state index is 0.182. The van der Waals surface area contributed by atoms with E-state index in [0.717, 1.165) is 11.1 Å². The normalized spacial score (nSPS) is 15.1. The van der Waals surface area contributed by atoms with Crippen LogP contribution < -0.4 is 5.32 Å². The second-order valence-electron chi connectivity index (χ2n) is 7.19.